The molecule has 5 nitrogen and oxygen atoms in total. The van der Waals surface area contributed by atoms with Gasteiger partial charge in [-0.1, -0.05) is 109 Å². The lowest BCUT2D eigenvalue weighted by atomic mass is 9.65. The normalized spacial score (nSPS) is 11.2. The average Bonchev–Trinajstić information content (AvgIpc) is 3.05. The van der Waals surface area contributed by atoms with Gasteiger partial charge in [0.1, 0.15) is 30.5 Å². The summed E-state index contributed by atoms with van der Waals surface area (Å²) in [5.41, 5.74) is 4.31. The van der Waals surface area contributed by atoms with Crippen LogP contribution in [0.25, 0.3) is 0 Å². The summed E-state index contributed by atoms with van der Waals surface area (Å²) in [6.45, 7) is 2.70. The zero-order valence-electron chi connectivity index (χ0n) is 23.6. The van der Waals surface area contributed by atoms with Crippen molar-refractivity contribution < 1.29 is 24.1 Å². The fraction of sp³-hybridized carbons (Fsp3) is 0.189. The van der Waals surface area contributed by atoms with Crippen molar-refractivity contribution in [1.82, 2.24) is 0 Å². The van der Waals surface area contributed by atoms with E-state index in [0.717, 1.165) is 5.75 Å². The van der Waals surface area contributed by atoms with E-state index < -0.39 is 5.41 Å². The SMILES string of the molecule is Oc1cccc(OCCOCCOCCOc2ccc(C(c3ccccc3)(c3ccccc3)c3ccccc3)cc2)c1. The van der Waals surface area contributed by atoms with E-state index in [0.29, 0.717) is 45.4 Å². The molecular weight excluding hydrogens is 524 g/mol. The predicted molar refractivity (Wildman–Crippen MR) is 165 cm³/mol. The van der Waals surface area contributed by atoms with Crippen LogP contribution in [0.1, 0.15) is 22.3 Å². The summed E-state index contributed by atoms with van der Waals surface area (Å²) < 4.78 is 22.7. The van der Waals surface area contributed by atoms with Crippen LogP contribution in [0.4, 0.5) is 0 Å². The summed E-state index contributed by atoms with van der Waals surface area (Å²) in [5.74, 6) is 1.59. The van der Waals surface area contributed by atoms with Gasteiger partial charge < -0.3 is 24.1 Å². The van der Waals surface area contributed by atoms with Gasteiger partial charge >= 0.3 is 0 Å². The van der Waals surface area contributed by atoms with E-state index in [2.05, 4.69) is 103 Å². The molecule has 0 aromatic heterocycles. The molecule has 0 bridgehead atoms. The van der Waals surface area contributed by atoms with Gasteiger partial charge in [0.25, 0.3) is 0 Å². The van der Waals surface area contributed by atoms with E-state index in [1.165, 1.54) is 22.3 Å². The van der Waals surface area contributed by atoms with Crippen LogP contribution in [-0.2, 0) is 14.9 Å². The van der Waals surface area contributed by atoms with Gasteiger partial charge in [-0.2, -0.15) is 0 Å². The molecule has 0 saturated heterocycles. The van der Waals surface area contributed by atoms with Crippen LogP contribution < -0.4 is 9.47 Å². The number of benzene rings is 5. The number of hydrogen-bond donors (Lipinski definition) is 1. The zero-order valence-corrected chi connectivity index (χ0v) is 23.6. The highest BCUT2D eigenvalue weighted by Crippen LogP contribution is 2.45. The molecule has 5 aromatic rings. The molecule has 0 spiro atoms. The van der Waals surface area contributed by atoms with Crippen molar-refractivity contribution in [1.29, 1.82) is 0 Å². The van der Waals surface area contributed by atoms with Crippen LogP contribution in [-0.4, -0.2) is 44.7 Å². The Morgan fingerprint density at radius 2 is 0.833 bits per heavy atom. The maximum Gasteiger partial charge on any atom is 0.123 e. The summed E-state index contributed by atoms with van der Waals surface area (Å²) in [6.07, 6.45) is 0. The molecule has 0 aliphatic carbocycles. The van der Waals surface area contributed by atoms with Gasteiger partial charge in [0.05, 0.1) is 31.8 Å². The Bertz CT molecular complexity index is 1380. The molecule has 0 fully saturated rings. The molecule has 5 aromatic carbocycles. The lowest BCUT2D eigenvalue weighted by Crippen LogP contribution is -2.30. The van der Waals surface area contributed by atoms with Crippen molar-refractivity contribution in [3.8, 4) is 17.2 Å². The number of phenolic OH excluding ortho intramolecular Hbond substituents is 1. The van der Waals surface area contributed by atoms with Crippen LogP contribution in [0.3, 0.4) is 0 Å². The average molecular weight is 561 g/mol. The van der Waals surface area contributed by atoms with Crippen molar-refractivity contribution in [3.63, 3.8) is 0 Å². The van der Waals surface area contributed by atoms with Crippen LogP contribution in [0.15, 0.2) is 140 Å². The molecule has 0 saturated carbocycles. The highest BCUT2D eigenvalue weighted by Gasteiger charge is 2.38. The molecule has 0 aliphatic rings. The Labute approximate surface area is 247 Å². The van der Waals surface area contributed by atoms with Crippen LogP contribution in [0, 0.1) is 0 Å². The molecule has 0 amide bonds. The van der Waals surface area contributed by atoms with Crippen LogP contribution in [0.5, 0.6) is 17.2 Å². The van der Waals surface area contributed by atoms with E-state index >= 15 is 0 Å². The first-order valence-corrected chi connectivity index (χ1v) is 14.2. The minimum absolute atomic E-state index is 0.180. The van der Waals surface area contributed by atoms with E-state index in [1.807, 2.05) is 12.1 Å². The fourth-order valence-corrected chi connectivity index (χ4v) is 5.20. The first kappa shape index (κ1) is 28.9. The molecule has 214 valence electrons. The van der Waals surface area contributed by atoms with Gasteiger partial charge in [-0.15, -0.1) is 0 Å². The van der Waals surface area contributed by atoms with Gasteiger partial charge in [0, 0.05) is 6.07 Å². The summed E-state index contributed by atoms with van der Waals surface area (Å²) in [4.78, 5) is 0. The number of ether oxygens (including phenoxy) is 4. The molecular formula is C37H36O5. The molecule has 0 aliphatic heterocycles. The number of aromatic hydroxyl groups is 1. The van der Waals surface area contributed by atoms with Crippen molar-refractivity contribution >= 4 is 0 Å². The largest absolute Gasteiger partial charge is 0.508 e. The summed E-state index contributed by atoms with van der Waals surface area (Å²) in [6, 6.07) is 47.1. The molecule has 0 atom stereocenters. The minimum atomic E-state index is -0.473. The number of phenols is 1. The summed E-state index contributed by atoms with van der Waals surface area (Å²) >= 11 is 0. The van der Waals surface area contributed by atoms with E-state index in [4.69, 9.17) is 18.9 Å². The highest BCUT2D eigenvalue weighted by atomic mass is 16.6. The molecule has 5 heteroatoms. The van der Waals surface area contributed by atoms with Gasteiger partial charge in [-0.05, 0) is 46.5 Å². The molecule has 1 N–H and O–H groups in total. The van der Waals surface area contributed by atoms with Crippen LogP contribution in [0.2, 0.25) is 0 Å². The summed E-state index contributed by atoms with van der Waals surface area (Å²) in [7, 11) is 0. The fourth-order valence-electron chi connectivity index (χ4n) is 5.20. The van der Waals surface area contributed by atoms with Crippen molar-refractivity contribution in [3.05, 3.63) is 162 Å². The molecule has 5 rings (SSSR count). The van der Waals surface area contributed by atoms with E-state index in [1.54, 1.807) is 24.3 Å². The third kappa shape index (κ3) is 7.19. The second kappa shape index (κ2) is 14.9. The van der Waals surface area contributed by atoms with Crippen molar-refractivity contribution in [2.75, 3.05) is 39.6 Å². The molecule has 0 radical (unpaired) electrons. The van der Waals surface area contributed by atoms with Crippen LogP contribution >= 0.6 is 0 Å². The first-order valence-electron chi connectivity index (χ1n) is 14.2. The Hall–Kier alpha value is -4.58. The third-order valence-electron chi connectivity index (χ3n) is 7.09. The lowest BCUT2D eigenvalue weighted by Gasteiger charge is -2.36. The van der Waals surface area contributed by atoms with E-state index in [-0.39, 0.29) is 5.75 Å². The Morgan fingerprint density at radius 3 is 1.31 bits per heavy atom. The van der Waals surface area contributed by atoms with Gasteiger partial charge in [-0.25, -0.2) is 0 Å². The third-order valence-corrected chi connectivity index (χ3v) is 7.09. The van der Waals surface area contributed by atoms with Crippen molar-refractivity contribution in [2.24, 2.45) is 0 Å². The lowest BCUT2D eigenvalue weighted by molar-refractivity contribution is 0.0273. The quantitative estimate of drug-likeness (QED) is 0.108. The second-order valence-corrected chi connectivity index (χ2v) is 9.79. The molecule has 0 unspecified atom stereocenters. The second-order valence-electron chi connectivity index (χ2n) is 9.79. The van der Waals surface area contributed by atoms with Gasteiger partial charge in [0.2, 0.25) is 0 Å². The standard InChI is InChI=1S/C37H36O5/c38-34-17-10-18-36(29-34)42-28-26-40-24-23-39-25-27-41-35-21-19-33(20-22-35)37(30-11-4-1-5-12-30,31-13-6-2-7-14-31)32-15-8-3-9-16-32/h1-22,29,38H,23-28H2. The Kier molecular flexibility index (Phi) is 10.2. The van der Waals surface area contributed by atoms with Crippen molar-refractivity contribution in [2.45, 2.75) is 5.41 Å². The maximum absolute atomic E-state index is 9.46. The number of hydrogen-bond acceptors (Lipinski definition) is 5. The smallest absolute Gasteiger partial charge is 0.123 e. The topological polar surface area (TPSA) is 57.2 Å². The number of rotatable bonds is 15. The van der Waals surface area contributed by atoms with E-state index in [9.17, 15) is 5.11 Å². The summed E-state index contributed by atoms with van der Waals surface area (Å²) in [5, 5.41) is 9.46. The monoisotopic (exact) mass is 560 g/mol. The minimum Gasteiger partial charge on any atom is -0.508 e. The first-order chi connectivity index (χ1) is 20.8. The highest BCUT2D eigenvalue weighted by molar-refractivity contribution is 5.60. The molecule has 0 heterocycles. The Morgan fingerprint density at radius 1 is 0.405 bits per heavy atom. The van der Waals surface area contributed by atoms with Gasteiger partial charge in [-0.3, -0.25) is 0 Å². The van der Waals surface area contributed by atoms with Gasteiger partial charge in [0.15, 0.2) is 0 Å². The Balaban J connectivity index is 1.16. The molecule has 42 heavy (non-hydrogen) atoms. The maximum atomic E-state index is 9.46. The zero-order chi connectivity index (χ0) is 28.9. The predicted octanol–water partition coefficient (Wildman–Crippen LogP) is 7.27.